The number of hydrogen-bond donors (Lipinski definition) is 0. The minimum atomic E-state index is 0.673. The molecule has 0 radical (unpaired) electrons. The molecule has 0 amide bonds. The third kappa shape index (κ3) is 5.47. The zero-order valence-corrected chi connectivity index (χ0v) is 30.2. The fourth-order valence-corrected chi connectivity index (χ4v) is 7.93. The largest absolute Gasteiger partial charge is 0.456 e. The normalized spacial score (nSPS) is 11.6. The molecule has 11 aromatic rings. The highest BCUT2D eigenvalue weighted by atomic mass is 16.3. The first kappa shape index (κ1) is 31.9. The van der Waals surface area contributed by atoms with E-state index in [0.29, 0.717) is 5.82 Å². The lowest BCUT2D eigenvalue weighted by Crippen LogP contribution is -1.96. The SMILES string of the molecule is c1ccc(-c2ccc(-c3cc(-c4ccccc4)nc(-c4ccc(-c5ccc(-c6ccc7oc8ccccc8c7c6)c6c5oc5ccccc56)cc4)n3)cc2)cc1. The van der Waals surface area contributed by atoms with Gasteiger partial charge in [0.2, 0.25) is 0 Å². The molecule has 0 aliphatic carbocycles. The van der Waals surface area contributed by atoms with Crippen LogP contribution in [0.5, 0.6) is 0 Å². The van der Waals surface area contributed by atoms with Gasteiger partial charge >= 0.3 is 0 Å². The van der Waals surface area contributed by atoms with Gasteiger partial charge in [-0.1, -0.05) is 158 Å². The first-order valence-electron chi connectivity index (χ1n) is 18.8. The summed E-state index contributed by atoms with van der Waals surface area (Å²) in [5.74, 6) is 0.673. The lowest BCUT2D eigenvalue weighted by atomic mass is 9.93. The second-order valence-corrected chi connectivity index (χ2v) is 14.1. The average Bonchev–Trinajstić information content (AvgIpc) is 3.85. The van der Waals surface area contributed by atoms with Gasteiger partial charge in [-0.05, 0) is 64.2 Å². The highest BCUT2D eigenvalue weighted by molar-refractivity contribution is 6.17. The molecule has 0 atom stereocenters. The molecule has 0 saturated carbocycles. The molecule has 8 aromatic carbocycles. The van der Waals surface area contributed by atoms with Gasteiger partial charge in [-0.3, -0.25) is 0 Å². The quantitative estimate of drug-likeness (QED) is 0.172. The van der Waals surface area contributed by atoms with E-state index < -0.39 is 0 Å². The van der Waals surface area contributed by atoms with Crippen LogP contribution in [0.25, 0.3) is 111 Å². The van der Waals surface area contributed by atoms with Crippen LogP contribution >= 0.6 is 0 Å². The van der Waals surface area contributed by atoms with Crippen LogP contribution in [0.15, 0.2) is 203 Å². The molecule has 56 heavy (non-hydrogen) atoms. The van der Waals surface area contributed by atoms with E-state index >= 15 is 0 Å². The van der Waals surface area contributed by atoms with Crippen molar-refractivity contribution in [2.24, 2.45) is 0 Å². The molecule has 0 unspecified atom stereocenters. The van der Waals surface area contributed by atoms with Crippen LogP contribution in [-0.2, 0) is 0 Å². The van der Waals surface area contributed by atoms with Crippen molar-refractivity contribution in [2.45, 2.75) is 0 Å². The summed E-state index contributed by atoms with van der Waals surface area (Å²) >= 11 is 0. The molecule has 0 saturated heterocycles. The fourth-order valence-electron chi connectivity index (χ4n) is 7.93. The highest BCUT2D eigenvalue weighted by Gasteiger charge is 2.19. The molecule has 0 aliphatic heterocycles. The summed E-state index contributed by atoms with van der Waals surface area (Å²) < 4.78 is 12.8. The monoisotopic (exact) mass is 716 g/mol. The second-order valence-electron chi connectivity index (χ2n) is 14.1. The van der Waals surface area contributed by atoms with E-state index in [9.17, 15) is 0 Å². The molecule has 0 bridgehead atoms. The molecule has 11 rings (SSSR count). The molecule has 0 fully saturated rings. The van der Waals surface area contributed by atoms with E-state index in [-0.39, 0.29) is 0 Å². The van der Waals surface area contributed by atoms with E-state index in [1.54, 1.807) is 0 Å². The predicted octanol–water partition coefficient (Wildman–Crippen LogP) is 14.3. The molecule has 4 heteroatoms. The van der Waals surface area contributed by atoms with Crippen molar-refractivity contribution in [1.82, 2.24) is 9.97 Å². The van der Waals surface area contributed by atoms with Gasteiger partial charge in [0.25, 0.3) is 0 Å². The Balaban J connectivity index is 1.00. The summed E-state index contributed by atoms with van der Waals surface area (Å²) in [5.41, 5.74) is 14.9. The Hall–Kier alpha value is -7.56. The van der Waals surface area contributed by atoms with Crippen LogP contribution in [0, 0.1) is 0 Å². The standard InChI is InChI=1S/C52H32N2O2/c1-3-11-33(12-4-1)34-19-23-37(24-20-34)46-32-45(36-13-5-2-6-14-36)53-52(54-46)38-25-21-35(22-26-38)41-29-28-40(50-43-16-8-10-18-48(43)56-51(41)50)39-27-30-49-44(31-39)42-15-7-9-17-47(42)55-49/h1-32H. The van der Waals surface area contributed by atoms with E-state index in [2.05, 4.69) is 146 Å². The van der Waals surface area contributed by atoms with Gasteiger partial charge in [-0.25, -0.2) is 9.97 Å². The maximum atomic E-state index is 6.68. The number of furan rings is 2. The van der Waals surface area contributed by atoms with E-state index in [0.717, 1.165) is 94.2 Å². The minimum Gasteiger partial charge on any atom is -0.456 e. The van der Waals surface area contributed by atoms with Gasteiger partial charge in [0, 0.05) is 43.8 Å². The summed E-state index contributed by atoms with van der Waals surface area (Å²) in [5, 5.41) is 4.39. The van der Waals surface area contributed by atoms with E-state index in [4.69, 9.17) is 18.8 Å². The van der Waals surface area contributed by atoms with Gasteiger partial charge in [-0.2, -0.15) is 0 Å². The lowest BCUT2D eigenvalue weighted by Gasteiger charge is -2.11. The molecule has 4 nitrogen and oxygen atoms in total. The van der Waals surface area contributed by atoms with Crippen molar-refractivity contribution in [3.05, 3.63) is 194 Å². The van der Waals surface area contributed by atoms with Crippen molar-refractivity contribution in [2.75, 3.05) is 0 Å². The van der Waals surface area contributed by atoms with Crippen LogP contribution < -0.4 is 0 Å². The zero-order valence-electron chi connectivity index (χ0n) is 30.2. The van der Waals surface area contributed by atoms with Crippen LogP contribution in [0.3, 0.4) is 0 Å². The number of aromatic nitrogens is 2. The van der Waals surface area contributed by atoms with E-state index in [1.807, 2.05) is 48.5 Å². The van der Waals surface area contributed by atoms with Crippen molar-refractivity contribution >= 4 is 43.9 Å². The Bertz CT molecular complexity index is 3220. The van der Waals surface area contributed by atoms with Gasteiger partial charge < -0.3 is 8.83 Å². The fraction of sp³-hybridized carbons (Fsp3) is 0. The van der Waals surface area contributed by atoms with Crippen molar-refractivity contribution in [3.8, 4) is 67.3 Å². The van der Waals surface area contributed by atoms with Crippen molar-refractivity contribution in [1.29, 1.82) is 0 Å². The lowest BCUT2D eigenvalue weighted by molar-refractivity contribution is 0.669. The van der Waals surface area contributed by atoms with Gasteiger partial charge in [-0.15, -0.1) is 0 Å². The van der Waals surface area contributed by atoms with Gasteiger partial charge in [0.05, 0.1) is 11.4 Å². The number of nitrogens with zero attached hydrogens (tertiary/aromatic N) is 2. The second kappa shape index (κ2) is 13.1. The number of para-hydroxylation sites is 2. The molecule has 262 valence electrons. The Kier molecular flexibility index (Phi) is 7.46. The number of rotatable bonds is 6. The minimum absolute atomic E-state index is 0.673. The van der Waals surface area contributed by atoms with Crippen LogP contribution in [0.2, 0.25) is 0 Å². The molecule has 0 spiro atoms. The van der Waals surface area contributed by atoms with Crippen molar-refractivity contribution in [3.63, 3.8) is 0 Å². The number of hydrogen-bond acceptors (Lipinski definition) is 4. The summed E-state index contributed by atoms with van der Waals surface area (Å²) in [6.07, 6.45) is 0. The summed E-state index contributed by atoms with van der Waals surface area (Å²) in [6.45, 7) is 0. The zero-order chi connectivity index (χ0) is 37.0. The third-order valence-corrected chi connectivity index (χ3v) is 10.8. The molecule has 3 aromatic heterocycles. The molecule has 0 N–H and O–H groups in total. The molecular formula is C52H32N2O2. The van der Waals surface area contributed by atoms with Crippen LogP contribution in [0.1, 0.15) is 0 Å². The smallest absolute Gasteiger partial charge is 0.160 e. The van der Waals surface area contributed by atoms with Crippen molar-refractivity contribution < 1.29 is 8.83 Å². The van der Waals surface area contributed by atoms with Crippen LogP contribution in [0.4, 0.5) is 0 Å². The average molecular weight is 717 g/mol. The summed E-state index contributed by atoms with van der Waals surface area (Å²) in [6, 6.07) is 67.3. The number of fused-ring (bicyclic) bond motifs is 6. The topological polar surface area (TPSA) is 52.1 Å². The molecular weight excluding hydrogens is 685 g/mol. The maximum absolute atomic E-state index is 6.68. The Morgan fingerprint density at radius 3 is 1.54 bits per heavy atom. The Morgan fingerprint density at radius 1 is 0.304 bits per heavy atom. The van der Waals surface area contributed by atoms with Gasteiger partial charge in [0.1, 0.15) is 22.3 Å². The summed E-state index contributed by atoms with van der Waals surface area (Å²) in [7, 11) is 0. The molecule has 3 heterocycles. The Labute approximate surface area is 323 Å². The number of benzene rings is 8. The molecule has 0 aliphatic rings. The summed E-state index contributed by atoms with van der Waals surface area (Å²) in [4.78, 5) is 10.2. The Morgan fingerprint density at radius 2 is 0.804 bits per heavy atom. The van der Waals surface area contributed by atoms with E-state index in [1.165, 1.54) is 11.1 Å². The van der Waals surface area contributed by atoms with Gasteiger partial charge in [0.15, 0.2) is 5.82 Å². The van der Waals surface area contributed by atoms with Crippen LogP contribution in [-0.4, -0.2) is 9.97 Å². The first-order chi connectivity index (χ1) is 27.7. The predicted molar refractivity (Wildman–Crippen MR) is 229 cm³/mol. The first-order valence-corrected chi connectivity index (χ1v) is 18.8. The maximum Gasteiger partial charge on any atom is 0.160 e. The third-order valence-electron chi connectivity index (χ3n) is 10.8. The highest BCUT2D eigenvalue weighted by Crippen LogP contribution is 2.43.